The molecule has 0 radical (unpaired) electrons. The molecule has 2 rings (SSSR count). The molecule has 0 unspecified atom stereocenters. The Morgan fingerprint density at radius 2 is 1.96 bits per heavy atom. The molecule has 1 heterocycles. The summed E-state index contributed by atoms with van der Waals surface area (Å²) in [6.45, 7) is 9.10. The van der Waals surface area contributed by atoms with Gasteiger partial charge in [0, 0.05) is 30.4 Å². The maximum absolute atomic E-state index is 12.1. The standard InChI is InChI=1S/C20H30N2O3/c1-6-7-15-14-17(8-9-18(15)24-5)21-16-10-12-22(13-11-16)19(23)25-20(2,3)4/h6-9,14,16,21H,10-13H2,1-5H3/b7-6+. The molecular formula is C20H30N2O3. The zero-order valence-corrected chi connectivity index (χ0v) is 16.0. The smallest absolute Gasteiger partial charge is 0.410 e. The summed E-state index contributed by atoms with van der Waals surface area (Å²) < 4.78 is 10.8. The van der Waals surface area contributed by atoms with Crippen LogP contribution < -0.4 is 10.1 Å². The van der Waals surface area contributed by atoms with Gasteiger partial charge in [-0.1, -0.05) is 12.2 Å². The minimum absolute atomic E-state index is 0.217. The molecule has 1 N–H and O–H groups in total. The van der Waals surface area contributed by atoms with Gasteiger partial charge in [0.1, 0.15) is 11.4 Å². The highest BCUT2D eigenvalue weighted by Crippen LogP contribution is 2.26. The molecule has 0 spiro atoms. The first-order chi connectivity index (χ1) is 11.8. The van der Waals surface area contributed by atoms with E-state index in [2.05, 4.69) is 11.4 Å². The number of hydrogen-bond donors (Lipinski definition) is 1. The fraction of sp³-hybridized carbons (Fsp3) is 0.550. The van der Waals surface area contributed by atoms with Crippen LogP contribution in [0.5, 0.6) is 5.75 Å². The van der Waals surface area contributed by atoms with Crippen LogP contribution in [0.1, 0.15) is 46.1 Å². The largest absolute Gasteiger partial charge is 0.496 e. The summed E-state index contributed by atoms with van der Waals surface area (Å²) in [5.74, 6) is 0.864. The van der Waals surface area contributed by atoms with Gasteiger partial charge in [0.05, 0.1) is 7.11 Å². The number of allylic oxidation sites excluding steroid dienone is 1. The van der Waals surface area contributed by atoms with Crippen molar-refractivity contribution in [3.63, 3.8) is 0 Å². The molecule has 1 aliphatic heterocycles. The van der Waals surface area contributed by atoms with Crippen molar-refractivity contribution in [2.75, 3.05) is 25.5 Å². The molecule has 1 aromatic carbocycles. The number of amides is 1. The van der Waals surface area contributed by atoms with Crippen LogP contribution in [0.3, 0.4) is 0 Å². The average Bonchev–Trinajstić information content (AvgIpc) is 2.54. The van der Waals surface area contributed by atoms with E-state index in [9.17, 15) is 4.79 Å². The van der Waals surface area contributed by atoms with E-state index in [0.717, 1.165) is 29.8 Å². The predicted octanol–water partition coefficient (Wildman–Crippen LogP) is 4.54. The number of rotatable bonds is 4. The highest BCUT2D eigenvalue weighted by molar-refractivity contribution is 5.68. The summed E-state index contributed by atoms with van der Waals surface area (Å²) in [5.41, 5.74) is 1.68. The van der Waals surface area contributed by atoms with Gasteiger partial charge in [0.25, 0.3) is 0 Å². The molecule has 1 amide bonds. The van der Waals surface area contributed by atoms with Gasteiger partial charge in [-0.05, 0) is 58.7 Å². The van der Waals surface area contributed by atoms with E-state index in [0.29, 0.717) is 19.1 Å². The second-order valence-electron chi connectivity index (χ2n) is 7.34. The molecule has 0 atom stereocenters. The summed E-state index contributed by atoms with van der Waals surface area (Å²) >= 11 is 0. The summed E-state index contributed by atoms with van der Waals surface area (Å²) in [6.07, 6.45) is 5.63. The van der Waals surface area contributed by atoms with E-state index >= 15 is 0 Å². The zero-order chi connectivity index (χ0) is 18.4. The number of methoxy groups -OCH3 is 1. The maximum atomic E-state index is 12.1. The molecule has 138 valence electrons. The lowest BCUT2D eigenvalue weighted by Crippen LogP contribution is -2.44. The Morgan fingerprint density at radius 3 is 2.52 bits per heavy atom. The van der Waals surface area contributed by atoms with Gasteiger partial charge in [0.15, 0.2) is 0 Å². The van der Waals surface area contributed by atoms with Crippen LogP contribution in [-0.4, -0.2) is 42.8 Å². The normalized spacial score (nSPS) is 16.1. The molecule has 25 heavy (non-hydrogen) atoms. The van der Waals surface area contributed by atoms with Crippen molar-refractivity contribution in [1.29, 1.82) is 0 Å². The number of carbonyl (C=O) groups is 1. The van der Waals surface area contributed by atoms with Crippen molar-refractivity contribution in [3.8, 4) is 5.75 Å². The first kappa shape index (κ1) is 19.2. The number of nitrogens with one attached hydrogen (secondary N) is 1. The van der Waals surface area contributed by atoms with Crippen LogP contribution in [0.15, 0.2) is 24.3 Å². The Balaban J connectivity index is 1.92. The zero-order valence-electron chi connectivity index (χ0n) is 16.0. The van der Waals surface area contributed by atoms with Gasteiger partial charge in [-0.15, -0.1) is 0 Å². The molecule has 1 fully saturated rings. The van der Waals surface area contributed by atoms with Gasteiger partial charge in [0.2, 0.25) is 0 Å². The highest BCUT2D eigenvalue weighted by atomic mass is 16.6. The molecule has 5 nitrogen and oxygen atoms in total. The third kappa shape index (κ3) is 5.69. The Hall–Kier alpha value is -2.17. The van der Waals surface area contributed by atoms with E-state index in [1.807, 2.05) is 52.0 Å². The van der Waals surface area contributed by atoms with Crippen molar-refractivity contribution in [2.45, 2.75) is 52.2 Å². The number of likely N-dealkylation sites (tertiary alicyclic amines) is 1. The predicted molar refractivity (Wildman–Crippen MR) is 102 cm³/mol. The number of ether oxygens (including phenoxy) is 2. The number of piperidine rings is 1. The van der Waals surface area contributed by atoms with E-state index in [1.165, 1.54) is 0 Å². The van der Waals surface area contributed by atoms with Crippen LogP contribution in [0.4, 0.5) is 10.5 Å². The van der Waals surface area contributed by atoms with Gasteiger partial charge >= 0.3 is 6.09 Å². The summed E-state index contributed by atoms with van der Waals surface area (Å²) in [6, 6.07) is 6.46. The monoisotopic (exact) mass is 346 g/mol. The molecule has 1 aliphatic rings. The topological polar surface area (TPSA) is 50.8 Å². The third-order valence-electron chi connectivity index (χ3n) is 4.09. The number of anilines is 1. The fourth-order valence-electron chi connectivity index (χ4n) is 2.90. The first-order valence-electron chi connectivity index (χ1n) is 8.87. The lowest BCUT2D eigenvalue weighted by Gasteiger charge is -2.34. The highest BCUT2D eigenvalue weighted by Gasteiger charge is 2.26. The molecule has 5 heteroatoms. The van der Waals surface area contributed by atoms with Crippen molar-refractivity contribution in [3.05, 3.63) is 29.8 Å². The Bertz CT molecular complexity index is 612. The second kappa shape index (κ2) is 8.28. The first-order valence-corrected chi connectivity index (χ1v) is 8.87. The molecular weight excluding hydrogens is 316 g/mol. The number of carbonyl (C=O) groups excluding carboxylic acids is 1. The minimum Gasteiger partial charge on any atom is -0.496 e. The molecule has 1 saturated heterocycles. The van der Waals surface area contributed by atoms with E-state index in [4.69, 9.17) is 9.47 Å². The molecule has 0 aromatic heterocycles. The van der Waals surface area contributed by atoms with Crippen molar-refractivity contribution in [2.24, 2.45) is 0 Å². The van der Waals surface area contributed by atoms with Gasteiger partial charge in [-0.2, -0.15) is 0 Å². The third-order valence-corrected chi connectivity index (χ3v) is 4.09. The van der Waals surface area contributed by atoms with E-state index in [-0.39, 0.29) is 6.09 Å². The Morgan fingerprint density at radius 1 is 1.28 bits per heavy atom. The van der Waals surface area contributed by atoms with Crippen molar-refractivity contribution >= 4 is 17.9 Å². The molecule has 1 aromatic rings. The molecule has 0 saturated carbocycles. The van der Waals surface area contributed by atoms with Gasteiger partial charge in [-0.3, -0.25) is 0 Å². The van der Waals surface area contributed by atoms with Crippen molar-refractivity contribution in [1.82, 2.24) is 4.90 Å². The lowest BCUT2D eigenvalue weighted by molar-refractivity contribution is 0.0210. The lowest BCUT2D eigenvalue weighted by atomic mass is 10.0. The Kier molecular flexibility index (Phi) is 6.34. The fourth-order valence-corrected chi connectivity index (χ4v) is 2.90. The van der Waals surface area contributed by atoms with E-state index < -0.39 is 5.60 Å². The summed E-state index contributed by atoms with van der Waals surface area (Å²) in [7, 11) is 1.68. The van der Waals surface area contributed by atoms with Crippen LogP contribution in [0.2, 0.25) is 0 Å². The SMILES string of the molecule is C/C=C/c1cc(NC2CCN(C(=O)OC(C)(C)C)CC2)ccc1OC. The Labute approximate surface area is 151 Å². The number of hydrogen-bond acceptors (Lipinski definition) is 4. The van der Waals surface area contributed by atoms with Crippen LogP contribution in [0.25, 0.3) is 6.08 Å². The molecule has 0 bridgehead atoms. The molecule has 0 aliphatic carbocycles. The number of nitrogens with zero attached hydrogens (tertiary/aromatic N) is 1. The van der Waals surface area contributed by atoms with Crippen molar-refractivity contribution < 1.29 is 14.3 Å². The maximum Gasteiger partial charge on any atom is 0.410 e. The van der Waals surface area contributed by atoms with Gasteiger partial charge < -0.3 is 19.7 Å². The number of benzene rings is 1. The van der Waals surface area contributed by atoms with Crippen LogP contribution >= 0.6 is 0 Å². The second-order valence-corrected chi connectivity index (χ2v) is 7.34. The van der Waals surface area contributed by atoms with Crippen LogP contribution in [-0.2, 0) is 4.74 Å². The van der Waals surface area contributed by atoms with E-state index in [1.54, 1.807) is 12.0 Å². The minimum atomic E-state index is -0.446. The summed E-state index contributed by atoms with van der Waals surface area (Å²) in [4.78, 5) is 13.9. The van der Waals surface area contributed by atoms with Crippen LogP contribution in [0, 0.1) is 0 Å². The quantitative estimate of drug-likeness (QED) is 0.869. The summed E-state index contributed by atoms with van der Waals surface area (Å²) in [5, 5.41) is 3.57. The van der Waals surface area contributed by atoms with Gasteiger partial charge in [-0.25, -0.2) is 4.79 Å². The average molecular weight is 346 g/mol.